The average Bonchev–Trinajstić information content (AvgIpc) is 3.08. The number of amides is 3. The summed E-state index contributed by atoms with van der Waals surface area (Å²) in [5.41, 5.74) is 2.36. The van der Waals surface area contributed by atoms with E-state index in [9.17, 15) is 18.0 Å². The number of hydroxylamine groups is 3. The predicted molar refractivity (Wildman–Crippen MR) is 73.9 cm³/mol. The number of rotatable bonds is 5. The SMILES string of the molecule is O=C(NO[C@H]1CCNC1)C1CC[C@@H]2CN1C(=O)N2OS(=O)(=O)O. The van der Waals surface area contributed by atoms with Gasteiger partial charge in [-0.15, -0.1) is 4.28 Å². The van der Waals surface area contributed by atoms with Gasteiger partial charge < -0.3 is 10.2 Å². The smallest absolute Gasteiger partial charge is 0.314 e. The second-order valence-corrected chi connectivity index (χ2v) is 6.71. The van der Waals surface area contributed by atoms with E-state index in [1.54, 1.807) is 0 Å². The Labute approximate surface area is 132 Å². The zero-order valence-corrected chi connectivity index (χ0v) is 13.0. The highest BCUT2D eigenvalue weighted by Crippen LogP contribution is 2.30. The van der Waals surface area contributed by atoms with Crippen LogP contribution >= 0.6 is 0 Å². The molecule has 11 nitrogen and oxygen atoms in total. The summed E-state index contributed by atoms with van der Waals surface area (Å²) < 4.78 is 34.6. The molecular formula is C11H18N4O7S. The molecule has 0 radical (unpaired) electrons. The van der Waals surface area contributed by atoms with Crippen LogP contribution in [0.2, 0.25) is 0 Å². The van der Waals surface area contributed by atoms with Crippen LogP contribution in [0, 0.1) is 0 Å². The van der Waals surface area contributed by atoms with Crippen molar-refractivity contribution in [2.24, 2.45) is 0 Å². The Morgan fingerprint density at radius 1 is 1.35 bits per heavy atom. The van der Waals surface area contributed by atoms with Crippen molar-refractivity contribution in [2.75, 3.05) is 19.6 Å². The monoisotopic (exact) mass is 350 g/mol. The van der Waals surface area contributed by atoms with Gasteiger partial charge in [0.15, 0.2) is 0 Å². The van der Waals surface area contributed by atoms with Crippen LogP contribution in [-0.4, -0.2) is 72.7 Å². The molecule has 3 rings (SSSR count). The van der Waals surface area contributed by atoms with Crippen LogP contribution in [0.3, 0.4) is 0 Å². The fourth-order valence-corrected chi connectivity index (χ4v) is 3.43. The topological polar surface area (TPSA) is 138 Å². The highest BCUT2D eigenvalue weighted by molar-refractivity contribution is 7.80. The summed E-state index contributed by atoms with van der Waals surface area (Å²) in [7, 11) is -4.79. The molecular weight excluding hydrogens is 332 g/mol. The Bertz CT molecular complexity index is 591. The van der Waals surface area contributed by atoms with Crippen LogP contribution in [0.25, 0.3) is 0 Å². The minimum Gasteiger partial charge on any atom is -0.314 e. The highest BCUT2D eigenvalue weighted by Gasteiger charge is 2.49. The molecule has 3 heterocycles. The summed E-state index contributed by atoms with van der Waals surface area (Å²) in [4.78, 5) is 30.9. The third kappa shape index (κ3) is 3.55. The maximum absolute atomic E-state index is 12.2. The number of hydrogen-bond donors (Lipinski definition) is 3. The van der Waals surface area contributed by atoms with E-state index in [0.717, 1.165) is 13.0 Å². The summed E-state index contributed by atoms with van der Waals surface area (Å²) >= 11 is 0. The van der Waals surface area contributed by atoms with Crippen LogP contribution in [0.4, 0.5) is 4.79 Å². The van der Waals surface area contributed by atoms with Crippen molar-refractivity contribution in [1.29, 1.82) is 0 Å². The zero-order valence-electron chi connectivity index (χ0n) is 12.2. The Morgan fingerprint density at radius 3 is 2.78 bits per heavy atom. The first kappa shape index (κ1) is 16.4. The molecule has 12 heteroatoms. The van der Waals surface area contributed by atoms with E-state index in [0.29, 0.717) is 24.4 Å². The van der Waals surface area contributed by atoms with Gasteiger partial charge in [-0.2, -0.15) is 13.5 Å². The average molecular weight is 350 g/mol. The van der Waals surface area contributed by atoms with Crippen LogP contribution in [0.1, 0.15) is 19.3 Å². The first-order valence-corrected chi connectivity index (χ1v) is 8.65. The van der Waals surface area contributed by atoms with E-state index in [2.05, 4.69) is 15.1 Å². The van der Waals surface area contributed by atoms with Gasteiger partial charge in [0.05, 0.1) is 12.1 Å². The van der Waals surface area contributed by atoms with Crippen LogP contribution in [0.15, 0.2) is 0 Å². The van der Waals surface area contributed by atoms with Gasteiger partial charge in [0.1, 0.15) is 6.04 Å². The second kappa shape index (κ2) is 6.20. The Balaban J connectivity index is 1.60. The van der Waals surface area contributed by atoms with Gasteiger partial charge in [-0.1, -0.05) is 0 Å². The highest BCUT2D eigenvalue weighted by atomic mass is 32.3. The molecule has 2 bridgehead atoms. The van der Waals surface area contributed by atoms with E-state index >= 15 is 0 Å². The molecule has 0 aliphatic carbocycles. The molecule has 3 saturated heterocycles. The molecule has 3 aliphatic heterocycles. The molecule has 3 amide bonds. The molecule has 3 fully saturated rings. The first-order chi connectivity index (χ1) is 10.8. The first-order valence-electron chi connectivity index (χ1n) is 7.28. The molecule has 3 N–H and O–H groups in total. The third-order valence-electron chi connectivity index (χ3n) is 4.14. The van der Waals surface area contributed by atoms with Gasteiger partial charge in [0, 0.05) is 13.1 Å². The number of carbonyl (C=O) groups excluding carboxylic acids is 2. The summed E-state index contributed by atoms with van der Waals surface area (Å²) in [6.07, 6.45) is 1.40. The second-order valence-electron chi connectivity index (χ2n) is 5.71. The van der Waals surface area contributed by atoms with Crippen LogP contribution < -0.4 is 10.8 Å². The molecule has 130 valence electrons. The number of urea groups is 1. The molecule has 1 unspecified atom stereocenters. The number of carbonyl (C=O) groups is 2. The minimum absolute atomic E-state index is 0.107. The van der Waals surface area contributed by atoms with Crippen molar-refractivity contribution in [3.05, 3.63) is 0 Å². The van der Waals surface area contributed by atoms with E-state index in [-0.39, 0.29) is 12.6 Å². The number of nitrogens with one attached hydrogen (secondary N) is 2. The van der Waals surface area contributed by atoms with Crippen molar-refractivity contribution < 1.29 is 31.7 Å². The lowest BCUT2D eigenvalue weighted by Crippen LogP contribution is -2.50. The Kier molecular flexibility index (Phi) is 4.42. The number of nitrogens with zero attached hydrogens (tertiary/aromatic N) is 2. The molecule has 0 aromatic heterocycles. The fourth-order valence-electron chi connectivity index (χ4n) is 3.04. The molecule has 3 aliphatic rings. The standard InChI is InChI=1S/C11H18N4O7S/c16-10(13-21-8-3-4-12-5-8)9-2-1-7-6-14(9)11(17)15(7)22-23(18,19)20/h7-9,12H,1-6H2,(H,13,16)(H,18,19,20)/t7-,8+,9?/m1/s1. The molecule has 0 spiro atoms. The van der Waals surface area contributed by atoms with E-state index < -0.39 is 34.4 Å². The quantitative estimate of drug-likeness (QED) is 0.398. The maximum Gasteiger partial charge on any atom is 0.418 e. The summed E-state index contributed by atoms with van der Waals surface area (Å²) in [5.74, 6) is -0.461. The third-order valence-corrected chi connectivity index (χ3v) is 4.49. The van der Waals surface area contributed by atoms with E-state index in [4.69, 9.17) is 9.39 Å². The van der Waals surface area contributed by atoms with E-state index in [1.165, 1.54) is 4.90 Å². The van der Waals surface area contributed by atoms with Gasteiger partial charge >= 0.3 is 16.4 Å². The normalized spacial score (nSPS) is 30.8. The van der Waals surface area contributed by atoms with Crippen molar-refractivity contribution in [2.45, 2.75) is 37.5 Å². The van der Waals surface area contributed by atoms with Crippen LogP contribution in [-0.2, 0) is 24.3 Å². The largest absolute Gasteiger partial charge is 0.418 e. The molecule has 0 aromatic rings. The zero-order chi connectivity index (χ0) is 16.6. The summed E-state index contributed by atoms with van der Waals surface area (Å²) in [6, 6.07) is -2.05. The minimum atomic E-state index is -4.79. The lowest BCUT2D eigenvalue weighted by molar-refractivity contribution is -0.142. The van der Waals surface area contributed by atoms with Crippen molar-refractivity contribution >= 4 is 22.3 Å². The molecule has 3 atom stereocenters. The summed E-state index contributed by atoms with van der Waals surface area (Å²) in [6.45, 7) is 1.61. The fraction of sp³-hybridized carbons (Fsp3) is 0.818. The Morgan fingerprint density at radius 2 is 2.13 bits per heavy atom. The van der Waals surface area contributed by atoms with Crippen molar-refractivity contribution in [3.8, 4) is 0 Å². The molecule has 0 aromatic carbocycles. The molecule has 0 saturated carbocycles. The number of fused-ring (bicyclic) bond motifs is 2. The van der Waals surface area contributed by atoms with Gasteiger partial charge in [-0.3, -0.25) is 14.2 Å². The Hall–Kier alpha value is -1.47. The van der Waals surface area contributed by atoms with Crippen molar-refractivity contribution in [3.63, 3.8) is 0 Å². The lowest BCUT2D eigenvalue weighted by atomic mass is 10.0. The van der Waals surface area contributed by atoms with E-state index in [1.807, 2.05) is 0 Å². The number of hydrogen-bond acceptors (Lipinski definition) is 7. The summed E-state index contributed by atoms with van der Waals surface area (Å²) in [5, 5.41) is 3.69. The van der Waals surface area contributed by atoms with Gasteiger partial charge in [-0.25, -0.2) is 10.3 Å². The predicted octanol–water partition coefficient (Wildman–Crippen LogP) is -1.60. The van der Waals surface area contributed by atoms with Gasteiger partial charge in [-0.05, 0) is 25.8 Å². The lowest BCUT2D eigenvalue weighted by Gasteiger charge is -2.29. The maximum atomic E-state index is 12.2. The molecule has 23 heavy (non-hydrogen) atoms. The van der Waals surface area contributed by atoms with Crippen molar-refractivity contribution in [1.82, 2.24) is 20.8 Å². The van der Waals surface area contributed by atoms with Crippen LogP contribution in [0.5, 0.6) is 0 Å². The van der Waals surface area contributed by atoms with Gasteiger partial charge in [0.25, 0.3) is 5.91 Å². The van der Waals surface area contributed by atoms with Gasteiger partial charge in [0.2, 0.25) is 0 Å². The number of piperidine rings is 1.